The first kappa shape index (κ1) is 23.1. The fourth-order valence-electron chi connectivity index (χ4n) is 4.24. The van der Waals surface area contributed by atoms with Crippen LogP contribution in [0.5, 0.6) is 0 Å². The van der Waals surface area contributed by atoms with Crippen molar-refractivity contribution in [1.29, 1.82) is 0 Å². The summed E-state index contributed by atoms with van der Waals surface area (Å²) in [4.78, 5) is 32.1. The van der Waals surface area contributed by atoms with E-state index in [1.807, 2.05) is 73.1 Å². The van der Waals surface area contributed by atoms with Crippen LogP contribution in [0.25, 0.3) is 16.9 Å². The smallest absolute Gasteiger partial charge is 0.246 e. The first-order chi connectivity index (χ1) is 15.9. The van der Waals surface area contributed by atoms with Crippen molar-refractivity contribution in [3.63, 3.8) is 0 Å². The molecule has 2 aromatic carbocycles. The molecule has 0 spiro atoms. The quantitative estimate of drug-likeness (QED) is 0.503. The monoisotopic (exact) mass is 464 g/mol. The number of nitrogens with one attached hydrogen (secondary N) is 1. The lowest BCUT2D eigenvalue weighted by molar-refractivity contribution is -0.138. The lowest BCUT2D eigenvalue weighted by Gasteiger charge is -2.23. The second-order valence-corrected chi connectivity index (χ2v) is 8.98. The van der Waals surface area contributed by atoms with E-state index in [9.17, 15) is 9.59 Å². The van der Waals surface area contributed by atoms with E-state index >= 15 is 0 Å². The van der Waals surface area contributed by atoms with E-state index in [-0.39, 0.29) is 24.3 Å². The third-order valence-corrected chi connectivity index (χ3v) is 6.39. The summed E-state index contributed by atoms with van der Waals surface area (Å²) >= 11 is 6.04. The fourth-order valence-corrected chi connectivity index (χ4v) is 4.37. The van der Waals surface area contributed by atoms with Gasteiger partial charge in [0.05, 0.1) is 12.2 Å². The molecule has 0 aliphatic heterocycles. The van der Waals surface area contributed by atoms with Crippen LogP contribution >= 0.6 is 11.6 Å². The topological polar surface area (TPSA) is 67.2 Å². The Morgan fingerprint density at radius 3 is 2.39 bits per heavy atom. The summed E-state index contributed by atoms with van der Waals surface area (Å²) in [6, 6.07) is 15.4. The summed E-state index contributed by atoms with van der Waals surface area (Å²) < 4.78 is 1.86. The molecular formula is C26H29ClN4O2. The van der Waals surface area contributed by atoms with Gasteiger partial charge in [0.25, 0.3) is 0 Å². The van der Waals surface area contributed by atoms with Gasteiger partial charge in [-0.1, -0.05) is 54.3 Å². The minimum absolute atomic E-state index is 0.0167. The van der Waals surface area contributed by atoms with Gasteiger partial charge in [-0.05, 0) is 51.0 Å². The lowest BCUT2D eigenvalue weighted by Crippen LogP contribution is -2.40. The van der Waals surface area contributed by atoms with Crippen molar-refractivity contribution in [2.75, 3.05) is 18.4 Å². The van der Waals surface area contributed by atoms with Gasteiger partial charge in [-0.2, -0.15) is 0 Å². The number of aryl methyl sites for hydroxylation is 1. The van der Waals surface area contributed by atoms with Crippen LogP contribution in [0.3, 0.4) is 0 Å². The van der Waals surface area contributed by atoms with Gasteiger partial charge in [-0.3, -0.25) is 19.5 Å². The van der Waals surface area contributed by atoms with Gasteiger partial charge in [-0.15, -0.1) is 0 Å². The summed E-state index contributed by atoms with van der Waals surface area (Å²) in [6.45, 7) is 4.46. The molecule has 1 saturated carbocycles. The number of benzene rings is 2. The highest BCUT2D eigenvalue weighted by atomic mass is 35.5. The van der Waals surface area contributed by atoms with E-state index < -0.39 is 0 Å². The number of carbonyl (C=O) groups excluding carboxylic acids is 2. The van der Waals surface area contributed by atoms with E-state index in [1.54, 1.807) is 4.90 Å². The molecule has 0 radical (unpaired) electrons. The molecule has 172 valence electrons. The Labute approximate surface area is 199 Å². The van der Waals surface area contributed by atoms with Gasteiger partial charge in [0.2, 0.25) is 17.8 Å². The first-order valence-corrected chi connectivity index (χ1v) is 11.8. The molecule has 1 N–H and O–H groups in total. The molecule has 6 nitrogen and oxygen atoms in total. The molecule has 4 rings (SSSR count). The van der Waals surface area contributed by atoms with E-state index in [2.05, 4.69) is 10.3 Å². The van der Waals surface area contributed by atoms with E-state index in [1.165, 1.54) is 0 Å². The second-order valence-electron chi connectivity index (χ2n) is 8.54. The Balaban J connectivity index is 1.58. The standard InChI is InChI=1S/C26H29ClN4O2/c1-3-30(25(33)20-6-4-5-7-20)17-24(32)29-26-28-23(19-10-12-21(27)13-11-19)16-31(26)22-14-8-18(2)9-15-22/h8-16,20H,3-7,17H2,1-2H3,(H,28,29,32). The summed E-state index contributed by atoms with van der Waals surface area (Å²) in [5.74, 6) is 0.278. The van der Waals surface area contributed by atoms with E-state index in [0.29, 0.717) is 17.5 Å². The number of imidazole rings is 1. The molecule has 0 saturated heterocycles. The Morgan fingerprint density at radius 1 is 1.09 bits per heavy atom. The molecule has 0 atom stereocenters. The van der Waals surface area contributed by atoms with Crippen molar-refractivity contribution in [1.82, 2.24) is 14.5 Å². The highest BCUT2D eigenvalue weighted by Gasteiger charge is 2.28. The van der Waals surface area contributed by atoms with Crippen molar-refractivity contribution in [2.24, 2.45) is 5.92 Å². The largest absolute Gasteiger partial charge is 0.333 e. The van der Waals surface area contributed by atoms with Crippen LogP contribution in [0.15, 0.2) is 54.7 Å². The van der Waals surface area contributed by atoms with Crippen molar-refractivity contribution < 1.29 is 9.59 Å². The van der Waals surface area contributed by atoms with Crippen molar-refractivity contribution in [2.45, 2.75) is 39.5 Å². The fraction of sp³-hybridized carbons (Fsp3) is 0.346. The minimum atomic E-state index is -0.259. The number of carbonyl (C=O) groups is 2. The zero-order valence-corrected chi connectivity index (χ0v) is 19.8. The van der Waals surface area contributed by atoms with Crippen molar-refractivity contribution in [3.05, 3.63) is 65.3 Å². The zero-order chi connectivity index (χ0) is 23.4. The number of rotatable bonds is 7. The number of hydrogen-bond acceptors (Lipinski definition) is 3. The van der Waals surface area contributed by atoms with E-state index in [0.717, 1.165) is 48.2 Å². The third kappa shape index (κ3) is 5.45. The zero-order valence-electron chi connectivity index (χ0n) is 19.1. The molecule has 2 amide bonds. The number of hydrogen-bond donors (Lipinski definition) is 1. The third-order valence-electron chi connectivity index (χ3n) is 6.14. The molecule has 1 aliphatic carbocycles. The maximum Gasteiger partial charge on any atom is 0.246 e. The molecular weight excluding hydrogens is 436 g/mol. The SMILES string of the molecule is CCN(CC(=O)Nc1nc(-c2ccc(Cl)cc2)cn1-c1ccc(C)cc1)C(=O)C1CCCC1. The highest BCUT2D eigenvalue weighted by Crippen LogP contribution is 2.27. The molecule has 7 heteroatoms. The maximum absolute atomic E-state index is 13.0. The van der Waals surface area contributed by atoms with Gasteiger partial charge in [0, 0.05) is 34.9 Å². The van der Waals surface area contributed by atoms with Crippen LogP contribution in [-0.2, 0) is 9.59 Å². The van der Waals surface area contributed by atoms with Crippen LogP contribution < -0.4 is 5.32 Å². The number of aromatic nitrogens is 2. The molecule has 0 unspecified atom stereocenters. The van der Waals surface area contributed by atoms with Gasteiger partial charge < -0.3 is 4.90 Å². The van der Waals surface area contributed by atoms with Gasteiger partial charge in [-0.25, -0.2) is 4.98 Å². The van der Waals surface area contributed by atoms with Crippen LogP contribution in [-0.4, -0.2) is 39.4 Å². The minimum Gasteiger partial charge on any atom is -0.333 e. The number of amides is 2. The Bertz CT molecular complexity index is 1120. The molecule has 1 heterocycles. The molecule has 1 aliphatic rings. The van der Waals surface area contributed by atoms with E-state index in [4.69, 9.17) is 11.6 Å². The second kappa shape index (κ2) is 10.2. The molecule has 33 heavy (non-hydrogen) atoms. The Hall–Kier alpha value is -3.12. The number of halogens is 1. The average molecular weight is 465 g/mol. The highest BCUT2D eigenvalue weighted by molar-refractivity contribution is 6.30. The average Bonchev–Trinajstić information content (AvgIpc) is 3.49. The van der Waals surface area contributed by atoms with Crippen LogP contribution in [0.4, 0.5) is 5.95 Å². The molecule has 1 fully saturated rings. The van der Waals surface area contributed by atoms with Crippen LogP contribution in [0.1, 0.15) is 38.2 Å². The number of anilines is 1. The molecule has 1 aromatic heterocycles. The van der Waals surface area contributed by atoms with Gasteiger partial charge >= 0.3 is 0 Å². The number of likely N-dealkylation sites (N-methyl/N-ethyl adjacent to an activating group) is 1. The summed E-state index contributed by atoms with van der Waals surface area (Å²) in [6.07, 6.45) is 5.90. The van der Waals surface area contributed by atoms with Crippen molar-refractivity contribution in [3.8, 4) is 16.9 Å². The van der Waals surface area contributed by atoms with Crippen LogP contribution in [0, 0.1) is 12.8 Å². The predicted octanol–water partition coefficient (Wildman–Crippen LogP) is 5.48. The number of nitrogens with zero attached hydrogens (tertiary/aromatic N) is 3. The lowest BCUT2D eigenvalue weighted by atomic mass is 10.1. The predicted molar refractivity (Wildman–Crippen MR) is 132 cm³/mol. The normalized spacial score (nSPS) is 13.8. The van der Waals surface area contributed by atoms with Gasteiger partial charge in [0.15, 0.2) is 0 Å². The Kier molecular flexibility index (Phi) is 7.14. The molecule has 0 bridgehead atoms. The summed E-state index contributed by atoms with van der Waals surface area (Å²) in [5.41, 5.74) is 3.65. The summed E-state index contributed by atoms with van der Waals surface area (Å²) in [5, 5.41) is 3.58. The maximum atomic E-state index is 13.0. The first-order valence-electron chi connectivity index (χ1n) is 11.5. The van der Waals surface area contributed by atoms with Crippen molar-refractivity contribution >= 4 is 29.4 Å². The summed E-state index contributed by atoms with van der Waals surface area (Å²) in [7, 11) is 0. The Morgan fingerprint density at radius 2 is 1.76 bits per heavy atom. The van der Waals surface area contributed by atoms with Gasteiger partial charge in [0.1, 0.15) is 0 Å². The molecule has 3 aromatic rings. The van der Waals surface area contributed by atoms with Crippen LogP contribution in [0.2, 0.25) is 5.02 Å².